The van der Waals surface area contributed by atoms with Crippen molar-refractivity contribution in [2.45, 2.75) is 77.3 Å². The topological polar surface area (TPSA) is 15.3 Å². The molecule has 2 nitrogen and oxygen atoms in total. The van der Waals surface area contributed by atoms with Gasteiger partial charge in [0.05, 0.1) is 0 Å². The van der Waals surface area contributed by atoms with Gasteiger partial charge in [0.1, 0.15) is 0 Å². The molecule has 3 fully saturated rings. The number of hydrogen-bond acceptors (Lipinski definition) is 2. The molecule has 2 saturated carbocycles. The van der Waals surface area contributed by atoms with Crippen LogP contribution in [0.3, 0.4) is 0 Å². The first-order valence-electron chi connectivity index (χ1n) is 8.60. The zero-order chi connectivity index (χ0) is 13.3. The first-order chi connectivity index (χ1) is 9.12. The maximum absolute atomic E-state index is 3.70. The van der Waals surface area contributed by atoms with Crippen molar-refractivity contribution in [1.82, 2.24) is 10.2 Å². The van der Waals surface area contributed by atoms with Gasteiger partial charge in [-0.25, -0.2) is 0 Å². The molecule has 0 aromatic rings. The highest BCUT2D eigenvalue weighted by atomic mass is 15.2. The van der Waals surface area contributed by atoms with E-state index in [1.54, 1.807) is 0 Å². The Bertz CT molecular complexity index is 290. The molecule has 1 N–H and O–H groups in total. The largest absolute Gasteiger partial charge is 0.313 e. The summed E-state index contributed by atoms with van der Waals surface area (Å²) in [7, 11) is 0. The molecule has 3 aliphatic rings. The Hall–Kier alpha value is -0.0800. The molecule has 3 rings (SSSR count). The summed E-state index contributed by atoms with van der Waals surface area (Å²) in [6.45, 7) is 8.90. The van der Waals surface area contributed by atoms with Crippen molar-refractivity contribution in [3.05, 3.63) is 0 Å². The summed E-state index contributed by atoms with van der Waals surface area (Å²) >= 11 is 0. The Kier molecular flexibility index (Phi) is 4.19. The summed E-state index contributed by atoms with van der Waals surface area (Å²) in [5.41, 5.74) is 0.577. The summed E-state index contributed by atoms with van der Waals surface area (Å²) in [4.78, 5) is 2.88. The lowest BCUT2D eigenvalue weighted by Crippen LogP contribution is -2.47. The normalized spacial score (nSPS) is 34.9. The van der Waals surface area contributed by atoms with Gasteiger partial charge in [0, 0.05) is 25.2 Å². The quantitative estimate of drug-likeness (QED) is 0.818. The van der Waals surface area contributed by atoms with E-state index in [4.69, 9.17) is 0 Å². The lowest BCUT2D eigenvalue weighted by atomic mass is 9.74. The summed E-state index contributed by atoms with van der Waals surface area (Å²) in [6.07, 6.45) is 11.5. The molecule has 0 aromatic heterocycles. The predicted molar refractivity (Wildman–Crippen MR) is 81.4 cm³/mol. The molecule has 1 heterocycles. The number of hydrogen-bond donors (Lipinski definition) is 1. The minimum atomic E-state index is 0.577. The van der Waals surface area contributed by atoms with Gasteiger partial charge in [0.2, 0.25) is 0 Å². The Morgan fingerprint density at radius 2 is 1.89 bits per heavy atom. The third-order valence-corrected chi connectivity index (χ3v) is 5.50. The molecule has 2 unspecified atom stereocenters. The fourth-order valence-corrected chi connectivity index (χ4v) is 4.17. The predicted octanol–water partition coefficient (Wildman–Crippen LogP) is 3.42. The fourth-order valence-electron chi connectivity index (χ4n) is 4.17. The van der Waals surface area contributed by atoms with Crippen LogP contribution in [0.4, 0.5) is 0 Å². The molecule has 1 saturated heterocycles. The second-order valence-corrected chi connectivity index (χ2v) is 8.10. The van der Waals surface area contributed by atoms with E-state index in [9.17, 15) is 0 Å². The summed E-state index contributed by atoms with van der Waals surface area (Å²) < 4.78 is 0. The van der Waals surface area contributed by atoms with E-state index >= 15 is 0 Å². The smallest absolute Gasteiger partial charge is 0.0195 e. The summed E-state index contributed by atoms with van der Waals surface area (Å²) in [5, 5.41) is 3.70. The van der Waals surface area contributed by atoms with E-state index in [2.05, 4.69) is 24.1 Å². The van der Waals surface area contributed by atoms with E-state index in [-0.39, 0.29) is 0 Å². The Balaban J connectivity index is 1.59. The highest BCUT2D eigenvalue weighted by molar-refractivity contribution is 4.90. The zero-order valence-electron chi connectivity index (χ0n) is 13.0. The summed E-state index contributed by atoms with van der Waals surface area (Å²) in [6, 6.07) is 1.65. The van der Waals surface area contributed by atoms with Gasteiger partial charge in [0.15, 0.2) is 0 Å². The zero-order valence-corrected chi connectivity index (χ0v) is 13.0. The van der Waals surface area contributed by atoms with Gasteiger partial charge < -0.3 is 5.32 Å². The molecule has 2 aliphatic carbocycles. The molecular weight excluding hydrogens is 232 g/mol. The summed E-state index contributed by atoms with van der Waals surface area (Å²) in [5.74, 6) is 1.03. The Morgan fingerprint density at radius 1 is 1.05 bits per heavy atom. The van der Waals surface area contributed by atoms with Crippen LogP contribution in [-0.4, -0.2) is 36.6 Å². The van der Waals surface area contributed by atoms with Gasteiger partial charge in [-0.15, -0.1) is 0 Å². The molecule has 1 aliphatic heterocycles. The molecule has 2 atom stereocenters. The van der Waals surface area contributed by atoms with Crippen molar-refractivity contribution >= 4 is 0 Å². The average Bonchev–Trinajstić information content (AvgIpc) is 3.01. The average molecular weight is 264 g/mol. The van der Waals surface area contributed by atoms with Gasteiger partial charge in [-0.1, -0.05) is 20.3 Å². The van der Waals surface area contributed by atoms with Gasteiger partial charge in [-0.3, -0.25) is 4.90 Å². The highest BCUT2D eigenvalue weighted by Crippen LogP contribution is 2.39. The molecule has 0 amide bonds. The molecule has 0 bridgehead atoms. The van der Waals surface area contributed by atoms with Crippen molar-refractivity contribution in [2.24, 2.45) is 11.3 Å². The lowest BCUT2D eigenvalue weighted by Gasteiger charge is -2.42. The van der Waals surface area contributed by atoms with E-state index < -0.39 is 0 Å². The van der Waals surface area contributed by atoms with E-state index in [1.807, 2.05) is 0 Å². The first-order valence-corrected chi connectivity index (χ1v) is 8.60. The van der Waals surface area contributed by atoms with Crippen LogP contribution in [-0.2, 0) is 0 Å². The highest BCUT2D eigenvalue weighted by Gasteiger charge is 2.35. The van der Waals surface area contributed by atoms with Crippen molar-refractivity contribution in [3.8, 4) is 0 Å². The SMILES string of the molecule is CC1(C)CCCC(N(CC2CC2)CC2CCCN2)C1. The van der Waals surface area contributed by atoms with Gasteiger partial charge in [-0.2, -0.15) is 0 Å². The maximum atomic E-state index is 3.70. The van der Waals surface area contributed by atoms with Crippen LogP contribution in [0.15, 0.2) is 0 Å². The lowest BCUT2D eigenvalue weighted by molar-refractivity contribution is 0.0837. The Morgan fingerprint density at radius 3 is 2.53 bits per heavy atom. The minimum absolute atomic E-state index is 0.577. The molecule has 0 radical (unpaired) electrons. The van der Waals surface area contributed by atoms with E-state index in [0.29, 0.717) is 5.41 Å². The van der Waals surface area contributed by atoms with Crippen molar-refractivity contribution < 1.29 is 0 Å². The van der Waals surface area contributed by atoms with Crippen LogP contribution in [0.2, 0.25) is 0 Å². The van der Waals surface area contributed by atoms with Crippen LogP contribution in [0.5, 0.6) is 0 Å². The molecular formula is C17H32N2. The second kappa shape index (κ2) is 5.73. The van der Waals surface area contributed by atoms with Gasteiger partial charge in [0.25, 0.3) is 0 Å². The van der Waals surface area contributed by atoms with E-state index in [0.717, 1.165) is 18.0 Å². The monoisotopic (exact) mass is 264 g/mol. The van der Waals surface area contributed by atoms with Crippen LogP contribution >= 0.6 is 0 Å². The molecule has 0 spiro atoms. The first kappa shape index (κ1) is 13.9. The molecule has 19 heavy (non-hydrogen) atoms. The molecule has 2 heteroatoms. The van der Waals surface area contributed by atoms with Gasteiger partial charge >= 0.3 is 0 Å². The molecule has 0 aromatic carbocycles. The third-order valence-electron chi connectivity index (χ3n) is 5.50. The van der Waals surface area contributed by atoms with Gasteiger partial charge in [-0.05, 0) is 62.8 Å². The number of rotatable bonds is 5. The van der Waals surface area contributed by atoms with Crippen LogP contribution in [0.25, 0.3) is 0 Å². The third kappa shape index (κ3) is 3.95. The van der Waals surface area contributed by atoms with Crippen LogP contribution < -0.4 is 5.32 Å². The van der Waals surface area contributed by atoms with Crippen molar-refractivity contribution in [2.75, 3.05) is 19.6 Å². The van der Waals surface area contributed by atoms with Crippen molar-refractivity contribution in [3.63, 3.8) is 0 Å². The fraction of sp³-hybridized carbons (Fsp3) is 1.00. The molecule has 110 valence electrons. The Labute approximate surface area is 119 Å². The van der Waals surface area contributed by atoms with Crippen LogP contribution in [0.1, 0.15) is 65.2 Å². The second-order valence-electron chi connectivity index (χ2n) is 8.10. The number of nitrogens with zero attached hydrogens (tertiary/aromatic N) is 1. The maximum Gasteiger partial charge on any atom is 0.0195 e. The number of nitrogens with one attached hydrogen (secondary N) is 1. The van der Waals surface area contributed by atoms with E-state index in [1.165, 1.54) is 71.0 Å². The minimum Gasteiger partial charge on any atom is -0.313 e. The van der Waals surface area contributed by atoms with Crippen LogP contribution in [0, 0.1) is 11.3 Å². The van der Waals surface area contributed by atoms with Crippen molar-refractivity contribution in [1.29, 1.82) is 0 Å². The standard InChI is InChI=1S/C17H32N2/c1-17(2)9-3-6-16(11-17)19(12-14-7-8-14)13-15-5-4-10-18-15/h14-16,18H,3-13H2,1-2H3.